The second-order valence-corrected chi connectivity index (χ2v) is 6.59. The van der Waals surface area contributed by atoms with E-state index < -0.39 is 10.0 Å². The Morgan fingerprint density at radius 3 is 2.74 bits per heavy atom. The van der Waals surface area contributed by atoms with Gasteiger partial charge in [0.1, 0.15) is 0 Å². The van der Waals surface area contributed by atoms with Crippen molar-refractivity contribution in [1.82, 2.24) is 14.6 Å². The Labute approximate surface area is 113 Å². The van der Waals surface area contributed by atoms with Crippen LogP contribution in [0.25, 0.3) is 0 Å². The SMILES string of the molecule is O=S(=O)(NCCCN1CCCC1)c1c[nH]c(CO)c1. The van der Waals surface area contributed by atoms with Crippen LogP contribution < -0.4 is 4.72 Å². The van der Waals surface area contributed by atoms with E-state index in [0.29, 0.717) is 12.2 Å². The molecular weight excluding hydrogens is 266 g/mol. The van der Waals surface area contributed by atoms with Crippen molar-refractivity contribution in [3.05, 3.63) is 18.0 Å². The summed E-state index contributed by atoms with van der Waals surface area (Å²) in [7, 11) is -3.46. The number of likely N-dealkylation sites (tertiary alicyclic amines) is 1. The largest absolute Gasteiger partial charge is 0.390 e. The number of nitrogens with one attached hydrogen (secondary N) is 2. The molecule has 0 bridgehead atoms. The molecule has 1 aromatic rings. The molecule has 3 N–H and O–H groups in total. The lowest BCUT2D eigenvalue weighted by Gasteiger charge is -2.14. The Morgan fingerprint density at radius 1 is 1.37 bits per heavy atom. The maximum Gasteiger partial charge on any atom is 0.242 e. The minimum atomic E-state index is -3.46. The fraction of sp³-hybridized carbons (Fsp3) is 0.667. The highest BCUT2D eigenvalue weighted by Gasteiger charge is 2.16. The molecular formula is C12H21N3O3S. The highest BCUT2D eigenvalue weighted by atomic mass is 32.2. The van der Waals surface area contributed by atoms with Crippen LogP contribution in [0.2, 0.25) is 0 Å². The van der Waals surface area contributed by atoms with Crippen LogP contribution in [0.15, 0.2) is 17.2 Å². The minimum Gasteiger partial charge on any atom is -0.390 e. The van der Waals surface area contributed by atoms with Gasteiger partial charge in [0, 0.05) is 18.4 Å². The van der Waals surface area contributed by atoms with Crippen molar-refractivity contribution in [1.29, 1.82) is 0 Å². The van der Waals surface area contributed by atoms with E-state index in [1.165, 1.54) is 25.1 Å². The molecule has 19 heavy (non-hydrogen) atoms. The molecule has 6 nitrogen and oxygen atoms in total. The molecule has 0 spiro atoms. The summed E-state index contributed by atoms with van der Waals surface area (Å²) in [5.41, 5.74) is 0.498. The highest BCUT2D eigenvalue weighted by Crippen LogP contribution is 2.11. The number of aliphatic hydroxyl groups is 1. The van der Waals surface area contributed by atoms with E-state index in [2.05, 4.69) is 14.6 Å². The number of rotatable bonds is 7. The summed E-state index contributed by atoms with van der Waals surface area (Å²) >= 11 is 0. The van der Waals surface area contributed by atoms with Crippen molar-refractivity contribution in [3.63, 3.8) is 0 Å². The molecule has 1 aliphatic heterocycles. The predicted molar refractivity (Wildman–Crippen MR) is 72.2 cm³/mol. The van der Waals surface area contributed by atoms with Crippen molar-refractivity contribution < 1.29 is 13.5 Å². The first-order valence-electron chi connectivity index (χ1n) is 6.62. The molecule has 7 heteroatoms. The van der Waals surface area contributed by atoms with Gasteiger partial charge in [0.05, 0.1) is 11.5 Å². The number of H-pyrrole nitrogens is 1. The third-order valence-corrected chi connectivity index (χ3v) is 4.78. The van der Waals surface area contributed by atoms with Gasteiger partial charge in [-0.15, -0.1) is 0 Å². The molecule has 0 amide bonds. The standard InChI is InChI=1S/C12H21N3O3S/c16-10-11-8-12(9-13-11)19(17,18)14-4-3-7-15-5-1-2-6-15/h8-9,13-14,16H,1-7,10H2. The lowest BCUT2D eigenvalue weighted by atomic mass is 10.4. The zero-order valence-corrected chi connectivity index (χ0v) is 11.7. The van der Waals surface area contributed by atoms with E-state index in [4.69, 9.17) is 5.11 Å². The third-order valence-electron chi connectivity index (χ3n) is 3.34. The molecule has 1 fully saturated rings. The van der Waals surface area contributed by atoms with Crippen molar-refractivity contribution in [2.75, 3.05) is 26.2 Å². The summed E-state index contributed by atoms with van der Waals surface area (Å²) in [6, 6.07) is 1.45. The van der Waals surface area contributed by atoms with Gasteiger partial charge < -0.3 is 15.0 Å². The summed E-state index contributed by atoms with van der Waals surface area (Å²) in [6.45, 7) is 3.45. The second-order valence-electron chi connectivity index (χ2n) is 4.82. The van der Waals surface area contributed by atoms with Crippen LogP contribution in [0, 0.1) is 0 Å². The monoisotopic (exact) mass is 287 g/mol. The van der Waals surface area contributed by atoms with E-state index >= 15 is 0 Å². The molecule has 2 rings (SSSR count). The highest BCUT2D eigenvalue weighted by molar-refractivity contribution is 7.89. The molecule has 0 atom stereocenters. The fourth-order valence-electron chi connectivity index (χ4n) is 2.26. The molecule has 0 unspecified atom stereocenters. The van der Waals surface area contributed by atoms with Crippen LogP contribution in [-0.4, -0.2) is 49.6 Å². The number of aromatic amines is 1. The Hall–Kier alpha value is -0.890. The molecule has 1 aromatic heterocycles. The van der Waals surface area contributed by atoms with Crippen molar-refractivity contribution >= 4 is 10.0 Å². The van der Waals surface area contributed by atoms with Gasteiger partial charge in [0.2, 0.25) is 10.0 Å². The van der Waals surface area contributed by atoms with Crippen LogP contribution >= 0.6 is 0 Å². The van der Waals surface area contributed by atoms with E-state index in [1.54, 1.807) is 0 Å². The van der Waals surface area contributed by atoms with Gasteiger partial charge in [-0.1, -0.05) is 0 Å². The zero-order chi connectivity index (χ0) is 13.7. The second kappa shape index (κ2) is 6.51. The summed E-state index contributed by atoms with van der Waals surface area (Å²) < 4.78 is 26.4. The molecule has 0 aliphatic carbocycles. The Kier molecular flexibility index (Phi) is 4.98. The summed E-state index contributed by atoms with van der Waals surface area (Å²) in [6.07, 6.45) is 4.71. The van der Waals surface area contributed by atoms with Gasteiger partial charge >= 0.3 is 0 Å². The van der Waals surface area contributed by atoms with Gasteiger partial charge in [0.15, 0.2) is 0 Å². The minimum absolute atomic E-state index is 0.178. The maximum atomic E-state index is 11.9. The molecule has 0 radical (unpaired) electrons. The quantitative estimate of drug-likeness (QED) is 0.628. The van der Waals surface area contributed by atoms with E-state index in [-0.39, 0.29) is 11.5 Å². The topological polar surface area (TPSA) is 85.4 Å². The lowest BCUT2D eigenvalue weighted by Crippen LogP contribution is -2.28. The first kappa shape index (κ1) is 14.5. The van der Waals surface area contributed by atoms with Gasteiger partial charge in [-0.3, -0.25) is 0 Å². The van der Waals surface area contributed by atoms with Crippen LogP contribution in [0.3, 0.4) is 0 Å². The summed E-state index contributed by atoms with van der Waals surface area (Å²) in [5.74, 6) is 0. The molecule has 1 aliphatic rings. The van der Waals surface area contributed by atoms with Crippen molar-refractivity contribution in [3.8, 4) is 0 Å². The number of nitrogens with zero attached hydrogens (tertiary/aromatic N) is 1. The molecule has 0 saturated carbocycles. The summed E-state index contributed by atoms with van der Waals surface area (Å²) in [5, 5.41) is 8.90. The number of hydrogen-bond donors (Lipinski definition) is 3. The fourth-order valence-corrected chi connectivity index (χ4v) is 3.36. The Morgan fingerprint density at radius 2 is 2.11 bits per heavy atom. The molecule has 2 heterocycles. The third kappa shape index (κ3) is 4.04. The van der Waals surface area contributed by atoms with Gasteiger partial charge in [-0.05, 0) is 45.0 Å². The number of hydrogen-bond acceptors (Lipinski definition) is 4. The Balaban J connectivity index is 1.77. The smallest absolute Gasteiger partial charge is 0.242 e. The van der Waals surface area contributed by atoms with Gasteiger partial charge in [0.25, 0.3) is 0 Å². The molecule has 1 saturated heterocycles. The maximum absolute atomic E-state index is 11.9. The number of aliphatic hydroxyl groups excluding tert-OH is 1. The van der Waals surface area contributed by atoms with Crippen LogP contribution in [0.4, 0.5) is 0 Å². The van der Waals surface area contributed by atoms with Crippen molar-refractivity contribution in [2.45, 2.75) is 30.8 Å². The zero-order valence-electron chi connectivity index (χ0n) is 10.9. The molecule has 0 aromatic carbocycles. The predicted octanol–water partition coefficient (Wildman–Crippen LogP) is 0.271. The number of sulfonamides is 1. The first-order chi connectivity index (χ1) is 9.12. The van der Waals surface area contributed by atoms with E-state index in [0.717, 1.165) is 26.1 Å². The van der Waals surface area contributed by atoms with Gasteiger partial charge in [-0.25, -0.2) is 13.1 Å². The van der Waals surface area contributed by atoms with E-state index in [9.17, 15) is 8.42 Å². The lowest BCUT2D eigenvalue weighted by molar-refractivity contribution is 0.277. The first-order valence-corrected chi connectivity index (χ1v) is 8.10. The van der Waals surface area contributed by atoms with Gasteiger partial charge in [-0.2, -0.15) is 0 Å². The Bertz CT molecular complexity index is 492. The number of aromatic nitrogens is 1. The average molecular weight is 287 g/mol. The van der Waals surface area contributed by atoms with Crippen LogP contribution in [-0.2, 0) is 16.6 Å². The van der Waals surface area contributed by atoms with Crippen molar-refractivity contribution in [2.24, 2.45) is 0 Å². The van der Waals surface area contributed by atoms with Crippen LogP contribution in [0.1, 0.15) is 25.0 Å². The summed E-state index contributed by atoms with van der Waals surface area (Å²) in [4.78, 5) is 5.25. The van der Waals surface area contributed by atoms with Crippen LogP contribution in [0.5, 0.6) is 0 Å². The normalized spacial score (nSPS) is 17.1. The average Bonchev–Trinajstić information content (AvgIpc) is 3.05. The molecule has 108 valence electrons. The van der Waals surface area contributed by atoms with E-state index in [1.807, 2.05) is 0 Å².